The number of likely N-dealkylation sites (N-methyl/N-ethyl adjacent to an activating group) is 1. The highest BCUT2D eigenvalue weighted by molar-refractivity contribution is 5.93. The van der Waals surface area contributed by atoms with Gasteiger partial charge in [0.2, 0.25) is 11.8 Å². The Balaban J connectivity index is 1.64. The number of anilines is 1. The van der Waals surface area contributed by atoms with Gasteiger partial charge in [0.25, 0.3) is 0 Å². The van der Waals surface area contributed by atoms with Gasteiger partial charge in [-0.05, 0) is 61.9 Å². The molecular formula is C21H21F4N3O3. The van der Waals surface area contributed by atoms with Crippen molar-refractivity contribution in [2.24, 2.45) is 0 Å². The van der Waals surface area contributed by atoms with Crippen LogP contribution in [0.2, 0.25) is 0 Å². The monoisotopic (exact) mass is 439 g/mol. The summed E-state index contributed by atoms with van der Waals surface area (Å²) < 4.78 is 53.8. The highest BCUT2D eigenvalue weighted by atomic mass is 19.4. The van der Waals surface area contributed by atoms with E-state index in [0.717, 1.165) is 25.0 Å². The molecule has 31 heavy (non-hydrogen) atoms. The first-order chi connectivity index (χ1) is 14.6. The van der Waals surface area contributed by atoms with Gasteiger partial charge in [0.1, 0.15) is 17.6 Å². The number of ether oxygens (including phenoxy) is 1. The van der Waals surface area contributed by atoms with Crippen LogP contribution in [0.1, 0.15) is 24.4 Å². The maximum atomic E-state index is 13.3. The lowest BCUT2D eigenvalue weighted by atomic mass is 10.0. The number of benzene rings is 2. The molecule has 0 radical (unpaired) electrons. The molecule has 2 aromatic carbocycles. The van der Waals surface area contributed by atoms with E-state index in [1.807, 2.05) is 0 Å². The Labute approximate surface area is 176 Å². The van der Waals surface area contributed by atoms with Crippen molar-refractivity contribution < 1.29 is 31.9 Å². The lowest BCUT2D eigenvalue weighted by Gasteiger charge is -2.27. The lowest BCUT2D eigenvalue weighted by molar-refractivity contribution is -0.274. The van der Waals surface area contributed by atoms with Crippen molar-refractivity contribution in [3.63, 3.8) is 0 Å². The van der Waals surface area contributed by atoms with Crippen LogP contribution >= 0.6 is 0 Å². The molecule has 2 amide bonds. The molecule has 10 heteroatoms. The number of nitrogens with zero attached hydrogens (tertiary/aromatic N) is 1. The highest BCUT2D eigenvalue weighted by Crippen LogP contribution is 2.26. The zero-order valence-corrected chi connectivity index (χ0v) is 16.6. The molecule has 3 rings (SSSR count). The van der Waals surface area contributed by atoms with E-state index >= 15 is 0 Å². The summed E-state index contributed by atoms with van der Waals surface area (Å²) in [6.45, 7) is -0.180. The van der Waals surface area contributed by atoms with Gasteiger partial charge in [0, 0.05) is 11.7 Å². The first-order valence-corrected chi connectivity index (χ1v) is 9.52. The minimum absolute atomic E-state index is 0.107. The largest absolute Gasteiger partial charge is 0.573 e. The van der Waals surface area contributed by atoms with Crippen LogP contribution in [0.25, 0.3) is 0 Å². The summed E-state index contributed by atoms with van der Waals surface area (Å²) >= 11 is 0. The Morgan fingerprint density at radius 2 is 1.71 bits per heavy atom. The Bertz CT molecular complexity index is 913. The first-order valence-electron chi connectivity index (χ1n) is 9.52. The summed E-state index contributed by atoms with van der Waals surface area (Å²) in [4.78, 5) is 26.7. The van der Waals surface area contributed by atoms with Gasteiger partial charge in [0.15, 0.2) is 0 Å². The second-order valence-electron chi connectivity index (χ2n) is 7.27. The van der Waals surface area contributed by atoms with Crippen LogP contribution in [0.4, 0.5) is 23.2 Å². The van der Waals surface area contributed by atoms with E-state index in [1.165, 1.54) is 41.3 Å². The topological polar surface area (TPSA) is 70.7 Å². The molecule has 1 atom stereocenters. The van der Waals surface area contributed by atoms with E-state index in [1.54, 1.807) is 7.05 Å². The van der Waals surface area contributed by atoms with Crippen LogP contribution in [0, 0.1) is 5.82 Å². The summed E-state index contributed by atoms with van der Waals surface area (Å²) in [5.41, 5.74) is 0.803. The predicted octanol–water partition coefficient (Wildman–Crippen LogP) is 3.61. The normalized spacial score (nSPS) is 14.8. The molecule has 2 N–H and O–H groups in total. The van der Waals surface area contributed by atoms with Gasteiger partial charge in [0.05, 0.1) is 6.54 Å². The van der Waals surface area contributed by atoms with Crippen molar-refractivity contribution in [2.75, 3.05) is 18.9 Å². The van der Waals surface area contributed by atoms with Gasteiger partial charge in [-0.25, -0.2) is 4.39 Å². The molecule has 0 saturated heterocycles. The van der Waals surface area contributed by atoms with Gasteiger partial charge in [-0.3, -0.25) is 14.5 Å². The summed E-state index contributed by atoms with van der Waals surface area (Å²) in [5.74, 6) is -1.62. The summed E-state index contributed by atoms with van der Waals surface area (Å²) in [6.07, 6.45) is -3.02. The molecule has 0 bridgehead atoms. The Kier molecular flexibility index (Phi) is 6.79. The molecule has 1 aliphatic carbocycles. The second kappa shape index (κ2) is 9.34. The van der Waals surface area contributed by atoms with E-state index in [4.69, 9.17) is 0 Å². The summed E-state index contributed by atoms with van der Waals surface area (Å²) in [5, 5.41) is 5.45. The van der Waals surface area contributed by atoms with Crippen LogP contribution in [0.15, 0.2) is 48.5 Å². The van der Waals surface area contributed by atoms with Crippen molar-refractivity contribution in [3.8, 4) is 5.75 Å². The lowest BCUT2D eigenvalue weighted by Crippen LogP contribution is -2.42. The second-order valence-corrected chi connectivity index (χ2v) is 7.27. The number of amides is 2. The van der Waals surface area contributed by atoms with Gasteiger partial charge >= 0.3 is 6.36 Å². The standard InChI is InChI=1S/C21H21F4N3O3/c1-28(12-18(29)26-15-8-10-17(11-9-15)31-21(23,24)25)19(20(30)27-16-6-7-16)13-2-4-14(22)5-3-13/h2-5,8-11,16,19H,6-7,12H2,1H3,(H,26,29)(H,27,30). The molecule has 0 spiro atoms. The number of halogens is 4. The van der Waals surface area contributed by atoms with Gasteiger partial charge < -0.3 is 15.4 Å². The quantitative estimate of drug-likeness (QED) is 0.617. The number of nitrogens with one attached hydrogen (secondary N) is 2. The Morgan fingerprint density at radius 1 is 1.10 bits per heavy atom. The van der Waals surface area contributed by atoms with E-state index in [9.17, 15) is 27.2 Å². The van der Waals surface area contributed by atoms with E-state index in [2.05, 4.69) is 15.4 Å². The van der Waals surface area contributed by atoms with Crippen molar-refractivity contribution >= 4 is 17.5 Å². The average Bonchev–Trinajstić information content (AvgIpc) is 3.48. The van der Waals surface area contributed by atoms with Gasteiger partial charge in [-0.2, -0.15) is 0 Å². The molecule has 6 nitrogen and oxygen atoms in total. The molecule has 1 unspecified atom stereocenters. The predicted molar refractivity (Wildman–Crippen MR) is 105 cm³/mol. The molecule has 0 aromatic heterocycles. The number of rotatable bonds is 8. The number of alkyl halides is 3. The maximum Gasteiger partial charge on any atom is 0.573 e. The minimum atomic E-state index is -4.80. The number of hydrogen-bond acceptors (Lipinski definition) is 4. The Hall–Kier alpha value is -3.14. The number of carbonyl (C=O) groups excluding carboxylic acids is 2. The third kappa shape index (κ3) is 6.95. The first kappa shape index (κ1) is 22.5. The average molecular weight is 439 g/mol. The molecular weight excluding hydrogens is 418 g/mol. The molecule has 0 heterocycles. The van der Waals surface area contributed by atoms with Crippen molar-refractivity contribution in [1.82, 2.24) is 10.2 Å². The third-order valence-corrected chi connectivity index (χ3v) is 4.56. The Morgan fingerprint density at radius 3 is 2.26 bits per heavy atom. The summed E-state index contributed by atoms with van der Waals surface area (Å²) in [6, 6.07) is 9.46. The maximum absolute atomic E-state index is 13.3. The molecule has 1 aliphatic rings. The molecule has 1 fully saturated rings. The fourth-order valence-corrected chi connectivity index (χ4v) is 3.02. The van der Waals surface area contributed by atoms with Crippen LogP contribution in [0.5, 0.6) is 5.75 Å². The van der Waals surface area contributed by atoms with Crippen molar-refractivity contribution in [3.05, 3.63) is 59.9 Å². The van der Waals surface area contributed by atoms with Gasteiger partial charge in [-0.15, -0.1) is 13.2 Å². The molecule has 0 aliphatic heterocycles. The van der Waals surface area contributed by atoms with E-state index < -0.39 is 29.9 Å². The smallest absolute Gasteiger partial charge is 0.406 e. The molecule has 166 valence electrons. The molecule has 2 aromatic rings. The third-order valence-electron chi connectivity index (χ3n) is 4.56. The number of hydrogen-bond donors (Lipinski definition) is 2. The van der Waals surface area contributed by atoms with Crippen LogP contribution in [-0.4, -0.2) is 42.7 Å². The van der Waals surface area contributed by atoms with Crippen LogP contribution in [0.3, 0.4) is 0 Å². The minimum Gasteiger partial charge on any atom is -0.406 e. The fourth-order valence-electron chi connectivity index (χ4n) is 3.02. The fraction of sp³-hybridized carbons (Fsp3) is 0.333. The van der Waals surface area contributed by atoms with Crippen molar-refractivity contribution in [1.29, 1.82) is 0 Å². The zero-order chi connectivity index (χ0) is 22.6. The van der Waals surface area contributed by atoms with E-state index in [-0.39, 0.29) is 24.2 Å². The zero-order valence-electron chi connectivity index (χ0n) is 16.6. The summed E-state index contributed by atoms with van der Waals surface area (Å²) in [7, 11) is 1.58. The van der Waals surface area contributed by atoms with Crippen LogP contribution in [-0.2, 0) is 9.59 Å². The number of carbonyl (C=O) groups is 2. The highest BCUT2D eigenvalue weighted by Gasteiger charge is 2.32. The van der Waals surface area contributed by atoms with Crippen LogP contribution < -0.4 is 15.4 Å². The van der Waals surface area contributed by atoms with Gasteiger partial charge in [-0.1, -0.05) is 12.1 Å². The van der Waals surface area contributed by atoms with Crippen molar-refractivity contribution in [2.45, 2.75) is 31.3 Å². The van der Waals surface area contributed by atoms with E-state index in [0.29, 0.717) is 5.56 Å². The SMILES string of the molecule is CN(CC(=O)Nc1ccc(OC(F)(F)F)cc1)C(C(=O)NC1CC1)c1ccc(F)cc1. The molecule has 1 saturated carbocycles.